The van der Waals surface area contributed by atoms with Gasteiger partial charge in [-0.25, -0.2) is 13.8 Å². The largest absolute Gasteiger partial charge is 0.336 e. The third-order valence-electron chi connectivity index (χ3n) is 2.46. The number of fused-ring (bicyclic) bond motifs is 1. The van der Waals surface area contributed by atoms with E-state index in [0.29, 0.717) is 17.0 Å². The molecule has 0 saturated carbocycles. The highest BCUT2D eigenvalue weighted by atomic mass is 19.1. The molecule has 3 rings (SSSR count). The lowest BCUT2D eigenvalue weighted by Gasteiger charge is -1.90. The summed E-state index contributed by atoms with van der Waals surface area (Å²) in [5, 5.41) is 4.13. The average molecular weight is 234 g/mol. The van der Waals surface area contributed by atoms with Gasteiger partial charge >= 0.3 is 0 Å². The molecule has 0 aliphatic carbocycles. The van der Waals surface area contributed by atoms with Gasteiger partial charge in [-0.2, -0.15) is 5.10 Å². The molecule has 0 saturated heterocycles. The first-order chi connectivity index (χ1) is 8.13. The highest BCUT2D eigenvalue weighted by molar-refractivity contribution is 5.79. The van der Waals surface area contributed by atoms with Crippen LogP contribution in [0.1, 0.15) is 0 Å². The Morgan fingerprint density at radius 1 is 1.29 bits per heavy atom. The van der Waals surface area contributed by atoms with Gasteiger partial charge in [0.05, 0.1) is 5.52 Å². The number of rotatable bonds is 1. The second-order valence-electron chi connectivity index (χ2n) is 3.74. The summed E-state index contributed by atoms with van der Waals surface area (Å²) in [6, 6.07) is 3.76. The van der Waals surface area contributed by atoms with Crippen molar-refractivity contribution in [2.75, 3.05) is 0 Å². The Labute approximate surface area is 94.9 Å². The molecular weight excluding hydrogens is 226 g/mol. The zero-order valence-corrected chi connectivity index (χ0v) is 8.91. The van der Waals surface area contributed by atoms with Gasteiger partial charge in [-0.1, -0.05) is 0 Å². The SMILES string of the molecule is Cn1ccc(-c2nc3c(F)cc(F)cc3[nH]2)n1. The van der Waals surface area contributed by atoms with Gasteiger partial charge in [0, 0.05) is 19.3 Å². The first kappa shape index (κ1) is 9.95. The minimum Gasteiger partial charge on any atom is -0.336 e. The summed E-state index contributed by atoms with van der Waals surface area (Å²) in [6.07, 6.45) is 1.75. The van der Waals surface area contributed by atoms with Crippen molar-refractivity contribution in [3.63, 3.8) is 0 Å². The highest BCUT2D eigenvalue weighted by Gasteiger charge is 2.12. The van der Waals surface area contributed by atoms with Crippen molar-refractivity contribution in [2.45, 2.75) is 0 Å². The van der Waals surface area contributed by atoms with Crippen LogP contribution in [0, 0.1) is 11.6 Å². The summed E-state index contributed by atoms with van der Waals surface area (Å²) in [5.41, 5.74) is 1.03. The van der Waals surface area contributed by atoms with Crippen LogP contribution in [0.2, 0.25) is 0 Å². The third kappa shape index (κ3) is 1.57. The Balaban J connectivity index is 2.23. The maximum Gasteiger partial charge on any atom is 0.159 e. The number of benzene rings is 1. The van der Waals surface area contributed by atoms with Crippen molar-refractivity contribution in [1.29, 1.82) is 0 Å². The smallest absolute Gasteiger partial charge is 0.159 e. The summed E-state index contributed by atoms with van der Waals surface area (Å²) in [4.78, 5) is 6.90. The zero-order valence-electron chi connectivity index (χ0n) is 8.91. The Hall–Kier alpha value is -2.24. The molecule has 0 atom stereocenters. The molecule has 0 bridgehead atoms. The number of halogens is 2. The second kappa shape index (κ2) is 3.38. The van der Waals surface area contributed by atoms with Crippen LogP contribution < -0.4 is 0 Å². The fourth-order valence-electron chi connectivity index (χ4n) is 1.70. The molecule has 2 aromatic heterocycles. The molecule has 0 unspecified atom stereocenters. The molecule has 0 radical (unpaired) electrons. The molecule has 1 aromatic carbocycles. The van der Waals surface area contributed by atoms with E-state index >= 15 is 0 Å². The molecule has 1 N–H and O–H groups in total. The van der Waals surface area contributed by atoms with Crippen LogP contribution in [0.3, 0.4) is 0 Å². The van der Waals surface area contributed by atoms with E-state index in [1.54, 1.807) is 24.0 Å². The lowest BCUT2D eigenvalue weighted by molar-refractivity contribution is 0.591. The van der Waals surface area contributed by atoms with Crippen LogP contribution in [-0.4, -0.2) is 19.7 Å². The van der Waals surface area contributed by atoms with Crippen molar-refractivity contribution >= 4 is 11.0 Å². The van der Waals surface area contributed by atoms with Crippen molar-refractivity contribution < 1.29 is 8.78 Å². The normalized spacial score (nSPS) is 11.2. The fourth-order valence-corrected chi connectivity index (χ4v) is 1.70. The number of hydrogen-bond acceptors (Lipinski definition) is 2. The standard InChI is InChI=1S/C11H8F2N4/c1-17-3-2-8(16-17)11-14-9-5-6(12)4-7(13)10(9)15-11/h2-5H,1H3,(H,14,15). The Kier molecular flexibility index (Phi) is 1.98. The average Bonchev–Trinajstić information content (AvgIpc) is 2.83. The van der Waals surface area contributed by atoms with Crippen LogP contribution in [0.25, 0.3) is 22.6 Å². The van der Waals surface area contributed by atoms with Crippen LogP contribution in [0.5, 0.6) is 0 Å². The third-order valence-corrected chi connectivity index (χ3v) is 2.46. The molecule has 0 aliphatic rings. The van der Waals surface area contributed by atoms with Crippen molar-refractivity contribution in [3.8, 4) is 11.5 Å². The molecule has 0 fully saturated rings. The Bertz CT molecular complexity index is 699. The van der Waals surface area contributed by atoms with Gasteiger partial charge in [-0.15, -0.1) is 0 Å². The Morgan fingerprint density at radius 2 is 2.12 bits per heavy atom. The molecule has 0 aliphatic heterocycles. The van der Waals surface area contributed by atoms with E-state index in [4.69, 9.17) is 0 Å². The van der Waals surface area contributed by atoms with E-state index in [0.717, 1.165) is 6.07 Å². The summed E-state index contributed by atoms with van der Waals surface area (Å²) in [5.74, 6) is -0.894. The topological polar surface area (TPSA) is 46.5 Å². The van der Waals surface area contributed by atoms with E-state index < -0.39 is 11.6 Å². The molecule has 0 spiro atoms. The van der Waals surface area contributed by atoms with E-state index in [9.17, 15) is 8.78 Å². The summed E-state index contributed by atoms with van der Waals surface area (Å²) in [7, 11) is 1.77. The van der Waals surface area contributed by atoms with Gasteiger partial charge < -0.3 is 4.98 Å². The minimum absolute atomic E-state index is 0.118. The lowest BCUT2D eigenvalue weighted by Crippen LogP contribution is -1.88. The van der Waals surface area contributed by atoms with Gasteiger partial charge in [-0.3, -0.25) is 4.68 Å². The van der Waals surface area contributed by atoms with Gasteiger partial charge in [-0.05, 0) is 12.1 Å². The van der Waals surface area contributed by atoms with Crippen LogP contribution in [-0.2, 0) is 7.05 Å². The first-order valence-electron chi connectivity index (χ1n) is 4.98. The quantitative estimate of drug-likeness (QED) is 0.701. The monoisotopic (exact) mass is 234 g/mol. The predicted octanol–water partition coefficient (Wildman–Crippen LogP) is 2.24. The van der Waals surface area contributed by atoms with Gasteiger partial charge in [0.25, 0.3) is 0 Å². The second-order valence-corrected chi connectivity index (χ2v) is 3.74. The van der Waals surface area contributed by atoms with Crippen LogP contribution in [0.4, 0.5) is 8.78 Å². The number of aromatic nitrogens is 4. The highest BCUT2D eigenvalue weighted by Crippen LogP contribution is 2.21. The molecule has 17 heavy (non-hydrogen) atoms. The Morgan fingerprint density at radius 3 is 2.82 bits per heavy atom. The molecule has 6 heteroatoms. The number of H-pyrrole nitrogens is 1. The molecular formula is C11H8F2N4. The van der Waals surface area contributed by atoms with E-state index in [-0.39, 0.29) is 5.52 Å². The number of imidazole rings is 1. The van der Waals surface area contributed by atoms with Gasteiger partial charge in [0.15, 0.2) is 11.6 Å². The number of hydrogen-bond donors (Lipinski definition) is 1. The zero-order chi connectivity index (χ0) is 12.0. The van der Waals surface area contributed by atoms with Crippen molar-refractivity contribution in [1.82, 2.24) is 19.7 Å². The van der Waals surface area contributed by atoms with E-state index in [1.165, 1.54) is 6.07 Å². The fraction of sp³-hybridized carbons (Fsp3) is 0.0909. The maximum absolute atomic E-state index is 13.4. The molecule has 4 nitrogen and oxygen atoms in total. The molecule has 0 amide bonds. The van der Waals surface area contributed by atoms with Crippen LogP contribution in [0.15, 0.2) is 24.4 Å². The van der Waals surface area contributed by atoms with Crippen LogP contribution >= 0.6 is 0 Å². The number of nitrogens with one attached hydrogen (secondary N) is 1. The lowest BCUT2D eigenvalue weighted by atomic mass is 10.3. The summed E-state index contributed by atoms with van der Waals surface area (Å²) < 4.78 is 28.0. The van der Waals surface area contributed by atoms with E-state index in [2.05, 4.69) is 15.1 Å². The van der Waals surface area contributed by atoms with E-state index in [1.807, 2.05) is 0 Å². The van der Waals surface area contributed by atoms with Crippen molar-refractivity contribution in [2.24, 2.45) is 7.05 Å². The minimum atomic E-state index is -0.682. The summed E-state index contributed by atoms with van der Waals surface area (Å²) in [6.45, 7) is 0. The summed E-state index contributed by atoms with van der Waals surface area (Å²) >= 11 is 0. The number of nitrogens with zero attached hydrogens (tertiary/aromatic N) is 3. The molecule has 3 aromatic rings. The van der Waals surface area contributed by atoms with Crippen molar-refractivity contribution in [3.05, 3.63) is 36.0 Å². The first-order valence-corrected chi connectivity index (χ1v) is 4.98. The predicted molar refractivity (Wildman–Crippen MR) is 58.2 cm³/mol. The number of aryl methyl sites for hydroxylation is 1. The number of aromatic amines is 1. The molecule has 86 valence electrons. The van der Waals surface area contributed by atoms with Gasteiger partial charge in [0.1, 0.15) is 17.0 Å². The molecule has 2 heterocycles. The van der Waals surface area contributed by atoms with Gasteiger partial charge in [0.2, 0.25) is 0 Å². The maximum atomic E-state index is 13.4.